The van der Waals surface area contributed by atoms with E-state index in [-0.39, 0.29) is 0 Å². The summed E-state index contributed by atoms with van der Waals surface area (Å²) < 4.78 is 0. The van der Waals surface area contributed by atoms with Crippen LogP contribution in [0.3, 0.4) is 0 Å². The Hall–Kier alpha value is -0.213. The van der Waals surface area contributed by atoms with Gasteiger partial charge in [0.15, 0.2) is 0 Å². The second kappa shape index (κ2) is 6.49. The lowest BCUT2D eigenvalue weighted by atomic mass is 10.2. The first-order valence-electron chi connectivity index (χ1n) is 7.48. The van der Waals surface area contributed by atoms with Crippen molar-refractivity contribution in [3.63, 3.8) is 0 Å². The van der Waals surface area contributed by atoms with Crippen molar-refractivity contribution in [1.82, 2.24) is 0 Å². The second-order valence-electron chi connectivity index (χ2n) is 6.64. The van der Waals surface area contributed by atoms with Crippen LogP contribution in [-0.2, 0) is 0 Å². The predicted molar refractivity (Wildman–Crippen MR) is 92.8 cm³/mol. The number of benzene rings is 1. The Morgan fingerprint density at radius 3 is 1.47 bits per heavy atom. The highest BCUT2D eigenvalue weighted by molar-refractivity contribution is 8.29. The van der Waals surface area contributed by atoms with E-state index in [1.807, 2.05) is 0 Å². The summed E-state index contributed by atoms with van der Waals surface area (Å²) in [6.07, 6.45) is 0. The first-order valence-corrected chi connectivity index (χ1v) is 11.3. The smallest absolute Gasteiger partial charge is 0.131 e. The Morgan fingerprint density at radius 1 is 0.789 bits per heavy atom. The van der Waals surface area contributed by atoms with Crippen molar-refractivity contribution in [2.24, 2.45) is 0 Å². The van der Waals surface area contributed by atoms with Gasteiger partial charge in [-0.1, -0.05) is 59.7 Å². The molecule has 2 heteroatoms. The molecule has 0 unspecified atom stereocenters. The molecule has 0 bridgehead atoms. The number of aryl methyl sites for hydroxylation is 2. The molecule has 0 nitrogen and oxygen atoms in total. The summed E-state index contributed by atoms with van der Waals surface area (Å²) in [6.45, 7) is 19.1. The summed E-state index contributed by atoms with van der Waals surface area (Å²) in [4.78, 5) is 1.55. The van der Waals surface area contributed by atoms with Crippen LogP contribution in [0, 0.1) is 13.8 Å². The van der Waals surface area contributed by atoms with Gasteiger partial charge in [0.05, 0.1) is 0 Å². The Bertz CT molecular complexity index is 379. The van der Waals surface area contributed by atoms with E-state index in [4.69, 9.17) is 0 Å². The summed E-state index contributed by atoms with van der Waals surface area (Å²) in [6, 6.07) is 6.70. The molecule has 0 spiro atoms. The SMILES string of the molecule is Cc1cccc(C)c1S[Si](C(C)C)(C(C)C)C(C)C. The molecule has 0 aromatic heterocycles. The first-order chi connectivity index (χ1) is 8.73. The van der Waals surface area contributed by atoms with Gasteiger partial charge in [-0.15, -0.1) is 11.2 Å². The average Bonchev–Trinajstić information content (AvgIpc) is 2.27. The molecule has 0 aliphatic carbocycles. The molecule has 0 atom stereocenters. The third kappa shape index (κ3) is 3.28. The van der Waals surface area contributed by atoms with Crippen LogP contribution in [0.15, 0.2) is 23.1 Å². The van der Waals surface area contributed by atoms with E-state index in [1.165, 1.54) is 11.1 Å². The van der Waals surface area contributed by atoms with Crippen molar-refractivity contribution in [3.8, 4) is 0 Å². The highest BCUT2D eigenvalue weighted by Gasteiger charge is 2.44. The molecule has 0 aliphatic rings. The quantitative estimate of drug-likeness (QED) is 0.553. The molecule has 0 saturated heterocycles. The van der Waals surface area contributed by atoms with Crippen molar-refractivity contribution < 1.29 is 0 Å². The van der Waals surface area contributed by atoms with Crippen LogP contribution < -0.4 is 0 Å². The molecule has 0 N–H and O–H groups in total. The van der Waals surface area contributed by atoms with Gasteiger partial charge in [-0.3, -0.25) is 0 Å². The van der Waals surface area contributed by atoms with Gasteiger partial charge >= 0.3 is 0 Å². The minimum Gasteiger partial charge on any atom is -0.150 e. The second-order valence-corrected chi connectivity index (χ2v) is 15.2. The van der Waals surface area contributed by atoms with Gasteiger partial charge in [0, 0.05) is 4.90 Å². The zero-order chi connectivity index (χ0) is 14.8. The Labute approximate surface area is 125 Å². The van der Waals surface area contributed by atoms with E-state index >= 15 is 0 Å². The number of rotatable bonds is 5. The summed E-state index contributed by atoms with van der Waals surface area (Å²) in [7, 11) is -1.41. The van der Waals surface area contributed by atoms with Crippen LogP contribution in [0.1, 0.15) is 52.7 Å². The molecule has 0 heterocycles. The molecule has 0 aliphatic heterocycles. The van der Waals surface area contributed by atoms with Crippen LogP contribution in [0.25, 0.3) is 0 Å². The number of hydrogen-bond acceptors (Lipinski definition) is 1. The monoisotopic (exact) mass is 294 g/mol. The van der Waals surface area contributed by atoms with Gasteiger partial charge in [0.2, 0.25) is 0 Å². The lowest BCUT2D eigenvalue weighted by Crippen LogP contribution is -2.41. The molecule has 1 aromatic carbocycles. The van der Waals surface area contributed by atoms with Crippen LogP contribution in [0.2, 0.25) is 16.6 Å². The normalized spacial score (nSPS) is 12.8. The van der Waals surface area contributed by atoms with Gasteiger partial charge in [0.1, 0.15) is 7.22 Å². The third-order valence-electron chi connectivity index (χ3n) is 4.39. The van der Waals surface area contributed by atoms with Gasteiger partial charge in [-0.05, 0) is 41.6 Å². The van der Waals surface area contributed by atoms with E-state index in [9.17, 15) is 0 Å². The van der Waals surface area contributed by atoms with E-state index in [2.05, 4.69) is 84.8 Å². The van der Waals surface area contributed by atoms with Gasteiger partial charge in [-0.25, -0.2) is 0 Å². The predicted octanol–water partition coefficient (Wildman–Crippen LogP) is 6.57. The Morgan fingerprint density at radius 2 is 1.16 bits per heavy atom. The summed E-state index contributed by atoms with van der Waals surface area (Å²) in [5.74, 6) is 0. The highest BCUT2D eigenvalue weighted by Crippen LogP contribution is 2.52. The molecule has 0 radical (unpaired) electrons. The maximum absolute atomic E-state index is 2.44. The molecule has 1 aromatic rings. The fraction of sp³-hybridized carbons (Fsp3) is 0.647. The molecule has 108 valence electrons. The van der Waals surface area contributed by atoms with Crippen molar-refractivity contribution in [3.05, 3.63) is 29.3 Å². The molecule has 0 fully saturated rings. The molecule has 1 rings (SSSR count). The van der Waals surface area contributed by atoms with Crippen LogP contribution in [-0.4, -0.2) is 7.22 Å². The lowest BCUT2D eigenvalue weighted by molar-refractivity contribution is 0.851. The number of hydrogen-bond donors (Lipinski definition) is 0. The summed E-state index contributed by atoms with van der Waals surface area (Å²) in [5, 5.41) is 0. The van der Waals surface area contributed by atoms with E-state index in [0.29, 0.717) is 0 Å². The standard InChI is InChI=1S/C17H30SSi/c1-12(2)19(13(3)4,14(5)6)18-17-15(7)10-9-11-16(17)8/h9-14H,1-8H3. The maximum atomic E-state index is 2.44. The Kier molecular flexibility index (Phi) is 5.75. The van der Waals surface area contributed by atoms with Gasteiger partial charge < -0.3 is 0 Å². The molecular formula is C17H30SSi. The lowest BCUT2D eigenvalue weighted by Gasteiger charge is -2.42. The minimum atomic E-state index is -1.41. The summed E-state index contributed by atoms with van der Waals surface area (Å²) >= 11 is 2.25. The van der Waals surface area contributed by atoms with Crippen molar-refractivity contribution in [2.75, 3.05) is 0 Å². The zero-order valence-corrected chi connectivity index (χ0v) is 15.7. The topological polar surface area (TPSA) is 0 Å². The summed E-state index contributed by atoms with van der Waals surface area (Å²) in [5.41, 5.74) is 5.30. The van der Waals surface area contributed by atoms with Crippen LogP contribution >= 0.6 is 11.2 Å². The van der Waals surface area contributed by atoms with Crippen LogP contribution in [0.5, 0.6) is 0 Å². The van der Waals surface area contributed by atoms with Gasteiger partial charge in [-0.2, -0.15) is 0 Å². The van der Waals surface area contributed by atoms with Crippen molar-refractivity contribution in [1.29, 1.82) is 0 Å². The fourth-order valence-electron chi connectivity index (χ4n) is 3.49. The zero-order valence-electron chi connectivity index (χ0n) is 13.9. The largest absolute Gasteiger partial charge is 0.150 e. The highest BCUT2D eigenvalue weighted by atomic mass is 32.4. The average molecular weight is 295 g/mol. The molecule has 0 amide bonds. The third-order valence-corrected chi connectivity index (χ3v) is 16.9. The first kappa shape index (κ1) is 16.8. The fourth-order valence-corrected chi connectivity index (χ4v) is 13.2. The maximum Gasteiger partial charge on any atom is 0.131 e. The minimum absolute atomic E-state index is 0.802. The molecule has 19 heavy (non-hydrogen) atoms. The van der Waals surface area contributed by atoms with E-state index < -0.39 is 7.22 Å². The Balaban J connectivity index is 3.29. The van der Waals surface area contributed by atoms with Crippen molar-refractivity contribution in [2.45, 2.75) is 76.9 Å². The van der Waals surface area contributed by atoms with Gasteiger partial charge in [0.25, 0.3) is 0 Å². The van der Waals surface area contributed by atoms with Crippen LogP contribution in [0.4, 0.5) is 0 Å². The molecule has 0 saturated carbocycles. The van der Waals surface area contributed by atoms with E-state index in [1.54, 1.807) is 4.90 Å². The van der Waals surface area contributed by atoms with Crippen molar-refractivity contribution >= 4 is 18.4 Å². The van der Waals surface area contributed by atoms with E-state index in [0.717, 1.165) is 16.6 Å². The molecular weight excluding hydrogens is 264 g/mol.